The summed E-state index contributed by atoms with van der Waals surface area (Å²) in [6.45, 7) is 3.89. The van der Waals surface area contributed by atoms with Crippen LogP contribution in [0.1, 0.15) is 22.7 Å². The number of halogens is 1. The number of hydroxylamine groups is 1. The number of para-hydroxylation sites is 1. The third-order valence-electron chi connectivity index (χ3n) is 5.96. The van der Waals surface area contributed by atoms with E-state index in [-0.39, 0.29) is 11.8 Å². The molecule has 5 nitrogen and oxygen atoms in total. The Kier molecular flexibility index (Phi) is 4.80. The molecular formula is C25H21ClN2O3. The average molecular weight is 433 g/mol. The molecule has 5 rings (SSSR count). The smallest absolute Gasteiger partial charge is 0.266 e. The van der Waals surface area contributed by atoms with E-state index in [1.165, 1.54) is 4.90 Å². The number of hydrogen-bond donors (Lipinski definition) is 0. The van der Waals surface area contributed by atoms with Crippen molar-refractivity contribution in [3.8, 4) is 0 Å². The lowest BCUT2D eigenvalue weighted by atomic mass is 9.90. The van der Waals surface area contributed by atoms with Crippen LogP contribution in [0.15, 0.2) is 72.8 Å². The van der Waals surface area contributed by atoms with Gasteiger partial charge in [-0.05, 0) is 49.2 Å². The van der Waals surface area contributed by atoms with Gasteiger partial charge in [-0.15, -0.1) is 0 Å². The van der Waals surface area contributed by atoms with E-state index in [4.69, 9.17) is 16.4 Å². The minimum absolute atomic E-state index is 0.279. The molecule has 2 amide bonds. The van der Waals surface area contributed by atoms with E-state index in [0.29, 0.717) is 10.7 Å². The minimum atomic E-state index is -0.890. The molecule has 2 aliphatic rings. The largest absolute Gasteiger partial charge is 0.273 e. The van der Waals surface area contributed by atoms with Gasteiger partial charge in [-0.3, -0.25) is 14.4 Å². The lowest BCUT2D eigenvalue weighted by Gasteiger charge is -2.29. The molecule has 3 aromatic carbocycles. The van der Waals surface area contributed by atoms with Gasteiger partial charge < -0.3 is 0 Å². The van der Waals surface area contributed by atoms with Crippen LogP contribution in [0.5, 0.6) is 0 Å². The Hall–Kier alpha value is -3.15. The van der Waals surface area contributed by atoms with Crippen LogP contribution in [0.4, 0.5) is 11.4 Å². The normalized spacial score (nSPS) is 22.9. The number of nitrogens with zero attached hydrogens (tertiary/aromatic N) is 2. The van der Waals surface area contributed by atoms with Crippen LogP contribution in [0.25, 0.3) is 0 Å². The van der Waals surface area contributed by atoms with Crippen LogP contribution in [0, 0.1) is 19.8 Å². The number of aryl methyl sites for hydroxylation is 2. The zero-order chi connectivity index (χ0) is 21.7. The van der Waals surface area contributed by atoms with E-state index < -0.39 is 18.1 Å². The first-order valence-electron chi connectivity index (χ1n) is 10.2. The summed E-state index contributed by atoms with van der Waals surface area (Å²) in [5.74, 6) is -1.31. The van der Waals surface area contributed by atoms with Gasteiger partial charge in [0.15, 0.2) is 6.10 Å². The van der Waals surface area contributed by atoms with Crippen molar-refractivity contribution in [3.05, 3.63) is 94.5 Å². The van der Waals surface area contributed by atoms with E-state index in [9.17, 15) is 9.59 Å². The standard InChI is InChI=1S/C25H21ClN2O3/c1-15-8-11-17(12-9-15)22-21-23(31-28(22)18-6-4-3-5-7-18)25(30)27(24(21)29)19-13-10-16(2)20(26)14-19/h3-14,21-23H,1-2H3/t21-,22-,23+/m1/s1. The van der Waals surface area contributed by atoms with Gasteiger partial charge in [-0.2, -0.15) is 0 Å². The lowest BCUT2D eigenvalue weighted by Crippen LogP contribution is -2.37. The average Bonchev–Trinajstić information content (AvgIpc) is 3.28. The molecule has 31 heavy (non-hydrogen) atoms. The Morgan fingerprint density at radius 3 is 2.23 bits per heavy atom. The molecule has 156 valence electrons. The van der Waals surface area contributed by atoms with Crippen LogP contribution >= 0.6 is 11.6 Å². The van der Waals surface area contributed by atoms with Crippen LogP contribution in [0.3, 0.4) is 0 Å². The molecule has 0 aromatic heterocycles. The van der Waals surface area contributed by atoms with Gasteiger partial charge in [0.25, 0.3) is 5.91 Å². The topological polar surface area (TPSA) is 49.9 Å². The van der Waals surface area contributed by atoms with Gasteiger partial charge in [0.05, 0.1) is 17.4 Å². The van der Waals surface area contributed by atoms with Gasteiger partial charge in [0, 0.05) is 5.02 Å². The molecule has 0 radical (unpaired) electrons. The van der Waals surface area contributed by atoms with E-state index in [1.54, 1.807) is 23.3 Å². The molecule has 0 unspecified atom stereocenters. The van der Waals surface area contributed by atoms with Gasteiger partial charge >= 0.3 is 0 Å². The summed E-state index contributed by atoms with van der Waals surface area (Å²) in [5.41, 5.74) is 4.20. The number of anilines is 2. The van der Waals surface area contributed by atoms with Crippen molar-refractivity contribution >= 4 is 34.8 Å². The number of carbonyl (C=O) groups is 2. The fourth-order valence-corrected chi connectivity index (χ4v) is 4.47. The Morgan fingerprint density at radius 1 is 0.839 bits per heavy atom. The van der Waals surface area contributed by atoms with Crippen LogP contribution in [-0.2, 0) is 14.4 Å². The van der Waals surface area contributed by atoms with Crippen molar-refractivity contribution in [1.82, 2.24) is 0 Å². The molecule has 6 heteroatoms. The van der Waals surface area contributed by atoms with Crippen molar-refractivity contribution in [2.75, 3.05) is 9.96 Å². The maximum absolute atomic E-state index is 13.6. The van der Waals surface area contributed by atoms with Crippen LogP contribution in [0.2, 0.25) is 5.02 Å². The van der Waals surface area contributed by atoms with E-state index >= 15 is 0 Å². The number of benzene rings is 3. The second kappa shape index (κ2) is 7.52. The molecule has 2 aliphatic heterocycles. The second-order valence-corrected chi connectivity index (χ2v) is 8.42. The summed E-state index contributed by atoms with van der Waals surface area (Å²) >= 11 is 6.26. The SMILES string of the molecule is Cc1ccc([C@@H]2[C@H]3C(=O)N(c4ccc(C)c(Cl)c4)C(=O)[C@H]3ON2c2ccccc2)cc1. The summed E-state index contributed by atoms with van der Waals surface area (Å²) in [6.07, 6.45) is -0.890. The number of imide groups is 1. The summed E-state index contributed by atoms with van der Waals surface area (Å²) < 4.78 is 0. The molecule has 0 aliphatic carbocycles. The van der Waals surface area contributed by atoms with E-state index in [2.05, 4.69) is 0 Å². The van der Waals surface area contributed by atoms with Crippen molar-refractivity contribution < 1.29 is 14.4 Å². The quantitative estimate of drug-likeness (QED) is 0.546. The molecule has 0 spiro atoms. The fraction of sp³-hybridized carbons (Fsp3) is 0.200. The molecular weight excluding hydrogens is 412 g/mol. The zero-order valence-electron chi connectivity index (χ0n) is 17.2. The third-order valence-corrected chi connectivity index (χ3v) is 6.37. The van der Waals surface area contributed by atoms with Crippen molar-refractivity contribution in [2.45, 2.75) is 26.0 Å². The summed E-state index contributed by atoms with van der Waals surface area (Å²) in [4.78, 5) is 34.2. The minimum Gasteiger partial charge on any atom is -0.273 e. The monoisotopic (exact) mass is 432 g/mol. The summed E-state index contributed by atoms with van der Waals surface area (Å²) in [6, 6.07) is 22.3. The third kappa shape index (κ3) is 3.21. The van der Waals surface area contributed by atoms with Crippen molar-refractivity contribution in [3.63, 3.8) is 0 Å². The fourth-order valence-electron chi connectivity index (χ4n) is 4.29. The van der Waals surface area contributed by atoms with Gasteiger partial charge in [-0.1, -0.05) is 65.7 Å². The molecule has 0 bridgehead atoms. The molecule has 0 N–H and O–H groups in total. The molecule has 2 heterocycles. The molecule has 3 atom stereocenters. The first kappa shape index (κ1) is 19.8. The van der Waals surface area contributed by atoms with E-state index in [0.717, 1.165) is 22.4 Å². The highest BCUT2D eigenvalue weighted by Gasteiger charge is 2.60. The lowest BCUT2D eigenvalue weighted by molar-refractivity contribution is -0.126. The zero-order valence-corrected chi connectivity index (χ0v) is 17.9. The first-order chi connectivity index (χ1) is 15.0. The maximum atomic E-state index is 13.6. The van der Waals surface area contributed by atoms with Crippen molar-refractivity contribution in [2.24, 2.45) is 5.92 Å². The predicted octanol–water partition coefficient (Wildman–Crippen LogP) is 5.01. The molecule has 3 aromatic rings. The van der Waals surface area contributed by atoms with Gasteiger partial charge in [0.2, 0.25) is 5.91 Å². The van der Waals surface area contributed by atoms with E-state index in [1.807, 2.05) is 68.4 Å². The van der Waals surface area contributed by atoms with Gasteiger partial charge in [0.1, 0.15) is 5.92 Å². The second-order valence-electron chi connectivity index (χ2n) is 8.01. The van der Waals surface area contributed by atoms with Gasteiger partial charge in [-0.25, -0.2) is 9.96 Å². The van der Waals surface area contributed by atoms with Crippen LogP contribution in [-0.4, -0.2) is 17.9 Å². The predicted molar refractivity (Wildman–Crippen MR) is 120 cm³/mol. The van der Waals surface area contributed by atoms with Crippen LogP contribution < -0.4 is 9.96 Å². The maximum Gasteiger partial charge on any atom is 0.266 e. The van der Waals surface area contributed by atoms with Crippen molar-refractivity contribution in [1.29, 1.82) is 0 Å². The number of amides is 2. The Morgan fingerprint density at radius 2 is 1.55 bits per heavy atom. The molecule has 0 saturated carbocycles. The highest BCUT2D eigenvalue weighted by molar-refractivity contribution is 6.32. The number of rotatable bonds is 3. The molecule has 2 saturated heterocycles. The molecule has 2 fully saturated rings. The number of carbonyl (C=O) groups excluding carboxylic acids is 2. The Bertz CT molecular complexity index is 1160. The number of fused-ring (bicyclic) bond motifs is 1. The first-order valence-corrected chi connectivity index (χ1v) is 10.5. The Labute approximate surface area is 185 Å². The highest BCUT2D eigenvalue weighted by Crippen LogP contribution is 2.47. The highest BCUT2D eigenvalue weighted by atomic mass is 35.5. The summed E-state index contributed by atoms with van der Waals surface area (Å²) in [7, 11) is 0. The summed E-state index contributed by atoms with van der Waals surface area (Å²) in [5, 5.41) is 2.21. The Balaban J connectivity index is 1.58. The number of hydrogen-bond acceptors (Lipinski definition) is 4.